The molecule has 0 atom stereocenters. The third-order valence-corrected chi connectivity index (χ3v) is 1.96. The molecule has 1 aromatic heterocycles. The molecule has 0 aliphatic carbocycles. The smallest absolute Gasteiger partial charge is 0.220 e. The summed E-state index contributed by atoms with van der Waals surface area (Å²) in [7, 11) is 0. The van der Waals surface area contributed by atoms with Gasteiger partial charge in [0.1, 0.15) is 0 Å². The van der Waals surface area contributed by atoms with Crippen LogP contribution in [0.5, 0.6) is 0 Å². The number of amides is 1. The number of carbonyl (C=O) groups excluding carboxylic acids is 1. The lowest BCUT2D eigenvalue weighted by Gasteiger charge is -2.01. The summed E-state index contributed by atoms with van der Waals surface area (Å²) in [6, 6.07) is 1.93. The summed E-state index contributed by atoms with van der Waals surface area (Å²) in [6.45, 7) is 0.588. The third-order valence-electron chi connectivity index (χ3n) is 1.69. The van der Waals surface area contributed by atoms with E-state index in [1.54, 1.807) is 0 Å². The molecular formula is C9H13ClN2O. The van der Waals surface area contributed by atoms with Gasteiger partial charge in [-0.1, -0.05) is 0 Å². The van der Waals surface area contributed by atoms with Crippen molar-refractivity contribution >= 4 is 17.5 Å². The molecule has 1 heterocycles. The summed E-state index contributed by atoms with van der Waals surface area (Å²) in [5.74, 6) is 0.597. The monoisotopic (exact) mass is 200 g/mol. The second-order valence-corrected chi connectivity index (χ2v) is 3.17. The quantitative estimate of drug-likeness (QED) is 0.698. The number of aromatic nitrogens is 1. The van der Waals surface area contributed by atoms with Crippen LogP contribution in [0.3, 0.4) is 0 Å². The van der Waals surface area contributed by atoms with Crippen LogP contribution >= 0.6 is 11.6 Å². The minimum atomic E-state index is 0.0573. The van der Waals surface area contributed by atoms with Gasteiger partial charge in [-0.25, -0.2) is 0 Å². The second kappa shape index (κ2) is 5.65. The van der Waals surface area contributed by atoms with E-state index >= 15 is 0 Å². The maximum atomic E-state index is 11.1. The Hall–Kier alpha value is -0.960. The van der Waals surface area contributed by atoms with Gasteiger partial charge < -0.3 is 10.3 Å². The lowest BCUT2D eigenvalue weighted by Crippen LogP contribution is -2.22. The molecule has 0 aliphatic rings. The van der Waals surface area contributed by atoms with Crippen molar-refractivity contribution in [2.75, 3.05) is 5.88 Å². The molecule has 72 valence electrons. The SMILES string of the molecule is O=C(CCCCl)NCc1cc[nH]c1. The lowest BCUT2D eigenvalue weighted by atomic mass is 10.3. The molecule has 1 aromatic rings. The van der Waals surface area contributed by atoms with Gasteiger partial charge in [0.25, 0.3) is 0 Å². The minimum Gasteiger partial charge on any atom is -0.367 e. The zero-order valence-electron chi connectivity index (χ0n) is 7.35. The first kappa shape index (κ1) is 10.1. The van der Waals surface area contributed by atoms with Gasteiger partial charge in [-0.05, 0) is 18.1 Å². The predicted molar refractivity (Wildman–Crippen MR) is 52.6 cm³/mol. The average Bonchev–Trinajstić information content (AvgIpc) is 2.64. The molecule has 1 amide bonds. The first-order valence-electron chi connectivity index (χ1n) is 4.27. The van der Waals surface area contributed by atoms with Crippen LogP contribution in [-0.2, 0) is 11.3 Å². The van der Waals surface area contributed by atoms with E-state index in [2.05, 4.69) is 10.3 Å². The summed E-state index contributed by atoms with van der Waals surface area (Å²) >= 11 is 5.46. The van der Waals surface area contributed by atoms with Gasteiger partial charge in [-0.15, -0.1) is 11.6 Å². The van der Waals surface area contributed by atoms with Gasteiger partial charge in [-0.3, -0.25) is 4.79 Å². The first-order chi connectivity index (χ1) is 6.33. The highest BCUT2D eigenvalue weighted by Crippen LogP contribution is 1.96. The van der Waals surface area contributed by atoms with Crippen LogP contribution in [0.2, 0.25) is 0 Å². The van der Waals surface area contributed by atoms with E-state index in [9.17, 15) is 4.79 Å². The van der Waals surface area contributed by atoms with Crippen molar-refractivity contribution in [1.82, 2.24) is 10.3 Å². The number of H-pyrrole nitrogens is 1. The molecule has 0 aliphatic heterocycles. The molecular weight excluding hydrogens is 188 g/mol. The van der Waals surface area contributed by atoms with Gasteiger partial charge in [0, 0.05) is 31.2 Å². The van der Waals surface area contributed by atoms with Crippen LogP contribution in [0, 0.1) is 0 Å². The Morgan fingerprint density at radius 3 is 3.08 bits per heavy atom. The Kier molecular flexibility index (Phi) is 4.40. The van der Waals surface area contributed by atoms with Crippen LogP contribution in [0.4, 0.5) is 0 Å². The van der Waals surface area contributed by atoms with Crippen LogP contribution in [0.1, 0.15) is 18.4 Å². The number of halogens is 1. The highest BCUT2D eigenvalue weighted by Gasteiger charge is 1.99. The number of rotatable bonds is 5. The standard InChI is InChI=1S/C9H13ClN2O/c10-4-1-2-9(13)12-7-8-3-5-11-6-8/h3,5-6,11H,1-2,4,7H2,(H,12,13). The zero-order chi connectivity index (χ0) is 9.52. The van der Waals surface area contributed by atoms with Crippen molar-refractivity contribution in [3.8, 4) is 0 Å². The fourth-order valence-electron chi connectivity index (χ4n) is 0.985. The average molecular weight is 201 g/mol. The maximum Gasteiger partial charge on any atom is 0.220 e. The highest BCUT2D eigenvalue weighted by molar-refractivity contribution is 6.17. The van der Waals surface area contributed by atoms with Crippen molar-refractivity contribution in [2.24, 2.45) is 0 Å². The van der Waals surface area contributed by atoms with Crippen molar-refractivity contribution in [3.63, 3.8) is 0 Å². The molecule has 0 spiro atoms. The molecule has 0 radical (unpaired) electrons. The predicted octanol–water partition coefficient (Wildman–Crippen LogP) is 1.65. The Morgan fingerprint density at radius 1 is 1.62 bits per heavy atom. The van der Waals surface area contributed by atoms with Crippen molar-refractivity contribution in [1.29, 1.82) is 0 Å². The molecule has 13 heavy (non-hydrogen) atoms. The first-order valence-corrected chi connectivity index (χ1v) is 4.80. The summed E-state index contributed by atoms with van der Waals surface area (Å²) in [5, 5.41) is 2.80. The molecule has 3 nitrogen and oxygen atoms in total. The molecule has 0 saturated carbocycles. The fraction of sp³-hybridized carbons (Fsp3) is 0.444. The van der Waals surface area contributed by atoms with E-state index in [0.717, 1.165) is 12.0 Å². The summed E-state index contributed by atoms with van der Waals surface area (Å²) < 4.78 is 0. The van der Waals surface area contributed by atoms with Crippen molar-refractivity contribution < 1.29 is 4.79 Å². The molecule has 0 saturated heterocycles. The second-order valence-electron chi connectivity index (χ2n) is 2.79. The number of hydrogen-bond donors (Lipinski definition) is 2. The van der Waals surface area contributed by atoms with E-state index in [1.807, 2.05) is 18.5 Å². The molecule has 0 unspecified atom stereocenters. The normalized spacial score (nSPS) is 9.92. The molecule has 4 heteroatoms. The number of aromatic amines is 1. The maximum absolute atomic E-state index is 11.1. The highest BCUT2D eigenvalue weighted by atomic mass is 35.5. The van der Waals surface area contributed by atoms with E-state index in [1.165, 1.54) is 0 Å². The van der Waals surface area contributed by atoms with E-state index < -0.39 is 0 Å². The van der Waals surface area contributed by atoms with Crippen LogP contribution in [-0.4, -0.2) is 16.8 Å². The van der Waals surface area contributed by atoms with E-state index in [4.69, 9.17) is 11.6 Å². The van der Waals surface area contributed by atoms with Gasteiger partial charge >= 0.3 is 0 Å². The van der Waals surface area contributed by atoms with E-state index in [-0.39, 0.29) is 5.91 Å². The Balaban J connectivity index is 2.15. The number of nitrogens with one attached hydrogen (secondary N) is 2. The molecule has 0 fully saturated rings. The Bertz CT molecular complexity index is 246. The van der Waals surface area contributed by atoms with Crippen LogP contribution in [0.15, 0.2) is 18.5 Å². The van der Waals surface area contributed by atoms with Gasteiger partial charge in [0.05, 0.1) is 0 Å². The van der Waals surface area contributed by atoms with Gasteiger partial charge in [0.15, 0.2) is 0 Å². The number of carbonyl (C=O) groups is 1. The largest absolute Gasteiger partial charge is 0.367 e. The molecule has 0 bridgehead atoms. The summed E-state index contributed by atoms with van der Waals surface area (Å²) in [6.07, 6.45) is 4.94. The fourth-order valence-corrected chi connectivity index (χ4v) is 1.12. The molecule has 1 rings (SSSR count). The van der Waals surface area contributed by atoms with Gasteiger partial charge in [0.2, 0.25) is 5.91 Å². The number of hydrogen-bond acceptors (Lipinski definition) is 1. The molecule has 2 N–H and O–H groups in total. The third kappa shape index (κ3) is 3.99. The Morgan fingerprint density at radius 2 is 2.46 bits per heavy atom. The van der Waals surface area contributed by atoms with Crippen LogP contribution in [0.25, 0.3) is 0 Å². The Labute approximate surface area is 82.5 Å². The number of alkyl halides is 1. The van der Waals surface area contributed by atoms with Crippen molar-refractivity contribution in [2.45, 2.75) is 19.4 Å². The summed E-state index contributed by atoms with van der Waals surface area (Å²) in [5.41, 5.74) is 1.08. The topological polar surface area (TPSA) is 44.9 Å². The van der Waals surface area contributed by atoms with Gasteiger partial charge in [-0.2, -0.15) is 0 Å². The minimum absolute atomic E-state index is 0.0573. The van der Waals surface area contributed by atoms with E-state index in [0.29, 0.717) is 18.8 Å². The zero-order valence-corrected chi connectivity index (χ0v) is 8.10. The van der Waals surface area contributed by atoms with Crippen LogP contribution < -0.4 is 5.32 Å². The summed E-state index contributed by atoms with van der Waals surface area (Å²) in [4.78, 5) is 14.0. The van der Waals surface area contributed by atoms with Crippen molar-refractivity contribution in [3.05, 3.63) is 24.0 Å². The lowest BCUT2D eigenvalue weighted by molar-refractivity contribution is -0.121. The molecule has 0 aromatic carbocycles.